The number of hydrogen-bond donors (Lipinski definition) is 1. The monoisotopic (exact) mass is 673 g/mol. The average molecular weight is 674 g/mol. The van der Waals surface area contributed by atoms with Gasteiger partial charge in [0.1, 0.15) is 5.76 Å². The van der Waals surface area contributed by atoms with Gasteiger partial charge < -0.3 is 5.11 Å². The van der Waals surface area contributed by atoms with Crippen molar-refractivity contribution >= 4 is 11.5 Å². The van der Waals surface area contributed by atoms with E-state index in [4.69, 9.17) is 3.67 Å². The van der Waals surface area contributed by atoms with Crippen LogP contribution in [0.5, 0.6) is 0 Å². The van der Waals surface area contributed by atoms with E-state index in [2.05, 4.69) is 138 Å². The molecule has 0 aromatic heterocycles. The van der Waals surface area contributed by atoms with E-state index in [9.17, 15) is 9.90 Å². The van der Waals surface area contributed by atoms with Crippen molar-refractivity contribution < 1.29 is 30.9 Å². The normalized spacial score (nSPS) is 15.2. The number of rotatable bonds is 5. The molecule has 47 heavy (non-hydrogen) atoms. The van der Waals surface area contributed by atoms with Gasteiger partial charge >= 0.3 is 21.0 Å². The summed E-state index contributed by atoms with van der Waals surface area (Å²) in [5.41, 5.74) is 10.1. The van der Waals surface area contributed by atoms with E-state index in [0.29, 0.717) is 5.56 Å². The van der Waals surface area contributed by atoms with Gasteiger partial charge in [-0.3, -0.25) is 4.79 Å². The Morgan fingerprint density at radius 2 is 0.872 bits per heavy atom. The van der Waals surface area contributed by atoms with E-state index in [1.54, 1.807) is 0 Å². The molecule has 1 aliphatic rings. The molecule has 0 atom stereocenters. The molecular formula is C43H58O3V. The molecule has 3 aromatic rings. The van der Waals surface area contributed by atoms with Gasteiger partial charge in [-0.25, -0.2) is 0 Å². The van der Waals surface area contributed by atoms with Crippen molar-refractivity contribution in [2.75, 3.05) is 0 Å². The molecule has 0 aliphatic heterocycles. The van der Waals surface area contributed by atoms with Gasteiger partial charge in [-0.15, -0.1) is 0 Å². The van der Waals surface area contributed by atoms with Gasteiger partial charge in [0, 0.05) is 17.6 Å². The molecule has 4 rings (SSSR count). The number of carbonyl (C=O) groups is 1. The molecule has 1 fully saturated rings. The van der Waals surface area contributed by atoms with Crippen LogP contribution in [0.3, 0.4) is 0 Å². The van der Waals surface area contributed by atoms with Crippen LogP contribution in [0.1, 0.15) is 143 Å². The van der Waals surface area contributed by atoms with Crippen molar-refractivity contribution in [3.05, 3.63) is 88.5 Å². The first kappa shape index (κ1) is 38.7. The third-order valence-electron chi connectivity index (χ3n) is 9.51. The van der Waals surface area contributed by atoms with Crippen molar-refractivity contribution in [1.29, 1.82) is 0 Å². The number of benzene rings is 3. The zero-order chi connectivity index (χ0) is 35.5. The van der Waals surface area contributed by atoms with Crippen LogP contribution in [-0.4, -0.2) is 10.9 Å². The fourth-order valence-electron chi connectivity index (χ4n) is 6.15. The first-order chi connectivity index (χ1) is 21.6. The van der Waals surface area contributed by atoms with Crippen LogP contribution in [0, 0.1) is 5.92 Å². The number of ketones is 1. The van der Waals surface area contributed by atoms with E-state index in [1.165, 1.54) is 34.8 Å². The number of aliphatic hydroxyl groups is 1. The van der Waals surface area contributed by atoms with Crippen molar-refractivity contribution in [1.82, 2.24) is 0 Å². The summed E-state index contributed by atoms with van der Waals surface area (Å²) >= 11 is 1.06. The molecule has 0 heterocycles. The summed E-state index contributed by atoms with van der Waals surface area (Å²) in [4.78, 5) is 13.3. The van der Waals surface area contributed by atoms with Gasteiger partial charge in [0.2, 0.25) is 0 Å². The number of carbonyl (C=O) groups excluding carboxylic acids is 1. The van der Waals surface area contributed by atoms with E-state index in [-0.39, 0.29) is 39.1 Å². The number of hydrogen-bond acceptors (Lipinski definition) is 3. The van der Waals surface area contributed by atoms with Gasteiger partial charge in [0.15, 0.2) is 5.78 Å². The van der Waals surface area contributed by atoms with E-state index in [0.717, 1.165) is 65.3 Å². The van der Waals surface area contributed by atoms with Crippen molar-refractivity contribution in [3.63, 3.8) is 0 Å². The molecule has 0 spiro atoms. The summed E-state index contributed by atoms with van der Waals surface area (Å²) in [6, 6.07) is 20.3. The molecule has 0 saturated heterocycles. The summed E-state index contributed by atoms with van der Waals surface area (Å²) in [6.07, 6.45) is 6.70. The molecule has 253 valence electrons. The number of aliphatic hydroxyl groups excluding tert-OH is 1. The van der Waals surface area contributed by atoms with Crippen LogP contribution >= 0.6 is 0 Å². The Balaban J connectivity index is 0.00000294. The van der Waals surface area contributed by atoms with E-state index >= 15 is 0 Å². The Morgan fingerprint density at radius 1 is 0.553 bits per heavy atom. The first-order valence-electron chi connectivity index (χ1n) is 17.2. The van der Waals surface area contributed by atoms with Gasteiger partial charge in [0.25, 0.3) is 0 Å². The Hall–Kier alpha value is -2.75. The Kier molecular flexibility index (Phi) is 12.2. The Morgan fingerprint density at radius 3 is 1.19 bits per heavy atom. The predicted octanol–water partition coefficient (Wildman–Crippen LogP) is 12.1. The third-order valence-corrected chi connectivity index (χ3v) is 9.51. The molecule has 3 aromatic carbocycles. The average Bonchev–Trinajstić information content (AvgIpc) is 3.00. The molecule has 1 saturated carbocycles. The molecule has 3 nitrogen and oxygen atoms in total. The molecule has 1 aliphatic carbocycles. The van der Waals surface area contributed by atoms with Crippen LogP contribution < -0.4 is 0 Å². The molecule has 4 heteroatoms. The van der Waals surface area contributed by atoms with Crippen LogP contribution in [-0.2, 0) is 47.5 Å². The van der Waals surface area contributed by atoms with Crippen LogP contribution in [0.25, 0.3) is 28.0 Å². The Bertz CT molecular complexity index is 1440. The topological polar surface area (TPSA) is 54.4 Å². The van der Waals surface area contributed by atoms with Crippen LogP contribution in [0.2, 0.25) is 0 Å². The van der Waals surface area contributed by atoms with Gasteiger partial charge in [-0.2, -0.15) is 0 Å². The van der Waals surface area contributed by atoms with E-state index < -0.39 is 0 Å². The second kappa shape index (κ2) is 14.8. The Labute approximate surface area is 294 Å². The maximum absolute atomic E-state index is 13.3. The SMILES string of the molecule is CC(C)(C)c1cc(-c2cc(/C(O)=C/C(=O)C3CCCCC3)cc(-c3cc(C(C)(C)C)cc(C(C)(C)C)c3)c2)cc(C(C)(C)C)c1.[O]=[V]. The summed E-state index contributed by atoms with van der Waals surface area (Å²) in [5, 5.41) is 11.5. The molecule has 0 amide bonds. The second-order valence-electron chi connectivity index (χ2n) is 17.7. The first-order valence-corrected chi connectivity index (χ1v) is 17.8. The third kappa shape index (κ3) is 10.1. The quantitative estimate of drug-likeness (QED) is 0.217. The summed E-state index contributed by atoms with van der Waals surface area (Å²) < 4.78 is 8.19. The molecule has 0 unspecified atom stereocenters. The fraction of sp³-hybridized carbons (Fsp3) is 0.512. The van der Waals surface area contributed by atoms with Gasteiger partial charge in [0.05, 0.1) is 0 Å². The molecular weight excluding hydrogens is 615 g/mol. The van der Waals surface area contributed by atoms with Crippen LogP contribution in [0.15, 0.2) is 60.7 Å². The van der Waals surface area contributed by atoms with E-state index in [1.807, 2.05) is 0 Å². The molecule has 0 bridgehead atoms. The standard InChI is InChI=1S/C43H58O2.O.V/c1-40(2,3)34-21-31(22-35(25-34)41(4,5)6)29-18-30(32-23-36(42(7,8)9)26-37(24-32)43(10,11)12)20-33(19-29)39(45)27-38(44)28-16-14-13-15-17-28;;/h18-28,45H,13-17H2,1-12H3;;/b39-27-;;. The maximum atomic E-state index is 13.3. The van der Waals surface area contributed by atoms with Gasteiger partial charge in [-0.05, 0) is 97.2 Å². The van der Waals surface area contributed by atoms with Crippen LogP contribution in [0.4, 0.5) is 0 Å². The zero-order valence-corrected chi connectivity index (χ0v) is 32.5. The van der Waals surface area contributed by atoms with Crippen molar-refractivity contribution in [3.8, 4) is 22.3 Å². The second-order valence-corrected chi connectivity index (χ2v) is 17.7. The fourth-order valence-corrected chi connectivity index (χ4v) is 6.15. The minimum atomic E-state index is -0.0203. The van der Waals surface area contributed by atoms with Gasteiger partial charge in [-0.1, -0.05) is 139 Å². The molecule has 1 N–H and O–H groups in total. The molecule has 0 radical (unpaired) electrons. The van der Waals surface area contributed by atoms with Crippen molar-refractivity contribution in [2.45, 2.75) is 137 Å². The predicted molar refractivity (Wildman–Crippen MR) is 195 cm³/mol. The number of allylic oxidation sites excluding steroid dienone is 1. The summed E-state index contributed by atoms with van der Waals surface area (Å²) in [6.45, 7) is 27.1. The summed E-state index contributed by atoms with van der Waals surface area (Å²) in [5.74, 6) is 0.118. The van der Waals surface area contributed by atoms with Crippen molar-refractivity contribution in [2.24, 2.45) is 5.92 Å². The minimum absolute atomic E-state index is 0.0131. The summed E-state index contributed by atoms with van der Waals surface area (Å²) in [7, 11) is 0. The zero-order valence-electron chi connectivity index (χ0n) is 31.1.